The third-order valence-electron chi connectivity index (χ3n) is 3.11. The third kappa shape index (κ3) is 1.91. The van der Waals surface area contributed by atoms with E-state index in [2.05, 4.69) is 17.4 Å². The predicted molar refractivity (Wildman–Crippen MR) is 65.0 cm³/mol. The minimum atomic E-state index is -0.260. The molecule has 2 aliphatic rings. The number of thioether (sulfide) groups is 1. The predicted octanol–water partition coefficient (Wildman–Crippen LogP) is 1.43. The highest BCUT2D eigenvalue weighted by Gasteiger charge is 2.31. The fourth-order valence-electron chi connectivity index (χ4n) is 2.28. The van der Waals surface area contributed by atoms with Crippen LogP contribution in [0.4, 0.5) is 4.79 Å². The summed E-state index contributed by atoms with van der Waals surface area (Å²) in [6.45, 7) is 0.823. The highest BCUT2D eigenvalue weighted by Crippen LogP contribution is 2.39. The number of hydrogen-bond donors (Lipinski definition) is 1. The maximum atomic E-state index is 11.5. The first-order chi connectivity index (χ1) is 8.24. The summed E-state index contributed by atoms with van der Waals surface area (Å²) in [5, 5.41) is 2.31. The van der Waals surface area contributed by atoms with Crippen LogP contribution in [0.15, 0.2) is 29.2 Å². The van der Waals surface area contributed by atoms with Crippen LogP contribution in [0.25, 0.3) is 0 Å². The Morgan fingerprint density at radius 2 is 2.18 bits per heavy atom. The van der Waals surface area contributed by atoms with E-state index in [0.29, 0.717) is 12.5 Å². The molecule has 17 heavy (non-hydrogen) atoms. The Labute approximate surface area is 103 Å². The molecule has 0 spiro atoms. The largest absolute Gasteiger partial charge is 0.324 e. The number of benzene rings is 1. The Morgan fingerprint density at radius 3 is 2.94 bits per heavy atom. The highest BCUT2D eigenvalue weighted by molar-refractivity contribution is 7.99. The van der Waals surface area contributed by atoms with Gasteiger partial charge in [0.1, 0.15) is 6.54 Å². The van der Waals surface area contributed by atoms with Gasteiger partial charge in [0.2, 0.25) is 5.91 Å². The topological polar surface area (TPSA) is 49.4 Å². The zero-order chi connectivity index (χ0) is 11.8. The molecular formula is C12H12N2O2S. The van der Waals surface area contributed by atoms with Gasteiger partial charge in [0.25, 0.3) is 0 Å². The number of fused-ring (bicyclic) bond motifs is 1. The molecule has 3 amide bonds. The SMILES string of the molecule is O=C1CN(CC2CSc3ccccc32)C(=O)N1. The summed E-state index contributed by atoms with van der Waals surface area (Å²) >= 11 is 1.82. The van der Waals surface area contributed by atoms with E-state index in [1.807, 2.05) is 23.9 Å². The number of imide groups is 1. The van der Waals surface area contributed by atoms with E-state index in [-0.39, 0.29) is 18.5 Å². The second-order valence-corrected chi connectivity index (χ2v) is 5.34. The zero-order valence-electron chi connectivity index (χ0n) is 9.18. The van der Waals surface area contributed by atoms with Crippen LogP contribution in [0, 0.1) is 0 Å². The molecule has 5 heteroatoms. The van der Waals surface area contributed by atoms with E-state index in [0.717, 1.165) is 5.75 Å². The first kappa shape index (κ1) is 10.7. The quantitative estimate of drug-likeness (QED) is 0.805. The number of rotatable bonds is 2. The van der Waals surface area contributed by atoms with E-state index in [9.17, 15) is 9.59 Å². The minimum Gasteiger partial charge on any atom is -0.314 e. The molecule has 0 aromatic heterocycles. The summed E-state index contributed by atoms with van der Waals surface area (Å²) in [4.78, 5) is 25.5. The molecule has 0 bridgehead atoms. The van der Waals surface area contributed by atoms with Crippen molar-refractivity contribution in [1.29, 1.82) is 0 Å². The highest BCUT2D eigenvalue weighted by atomic mass is 32.2. The van der Waals surface area contributed by atoms with Gasteiger partial charge in [0, 0.05) is 23.1 Å². The Bertz CT molecular complexity index is 489. The Hall–Kier alpha value is -1.49. The van der Waals surface area contributed by atoms with Gasteiger partial charge in [-0.25, -0.2) is 4.79 Å². The van der Waals surface area contributed by atoms with Gasteiger partial charge in [-0.3, -0.25) is 10.1 Å². The summed E-state index contributed by atoms with van der Waals surface area (Å²) in [5.41, 5.74) is 1.30. The second-order valence-electron chi connectivity index (χ2n) is 4.28. The van der Waals surface area contributed by atoms with Gasteiger partial charge >= 0.3 is 6.03 Å². The van der Waals surface area contributed by atoms with Crippen molar-refractivity contribution in [2.75, 3.05) is 18.8 Å². The van der Waals surface area contributed by atoms with Crippen molar-refractivity contribution >= 4 is 23.7 Å². The fraction of sp³-hybridized carbons (Fsp3) is 0.333. The van der Waals surface area contributed by atoms with Crippen molar-refractivity contribution in [3.05, 3.63) is 29.8 Å². The lowest BCUT2D eigenvalue weighted by Gasteiger charge is -2.18. The average molecular weight is 248 g/mol. The van der Waals surface area contributed by atoms with Gasteiger partial charge < -0.3 is 4.90 Å². The number of amides is 3. The average Bonchev–Trinajstić information content (AvgIpc) is 2.85. The van der Waals surface area contributed by atoms with Crippen molar-refractivity contribution in [2.45, 2.75) is 10.8 Å². The molecular weight excluding hydrogens is 236 g/mol. The van der Waals surface area contributed by atoms with E-state index in [4.69, 9.17) is 0 Å². The molecule has 1 saturated heterocycles. The lowest BCUT2D eigenvalue weighted by molar-refractivity contribution is -0.118. The van der Waals surface area contributed by atoms with Crippen LogP contribution in [-0.4, -0.2) is 35.7 Å². The van der Waals surface area contributed by atoms with Crippen LogP contribution < -0.4 is 5.32 Å². The number of carbonyl (C=O) groups is 2. The zero-order valence-corrected chi connectivity index (χ0v) is 10.00. The lowest BCUT2D eigenvalue weighted by Crippen LogP contribution is -2.32. The van der Waals surface area contributed by atoms with Crippen molar-refractivity contribution in [3.8, 4) is 0 Å². The number of nitrogens with one attached hydrogen (secondary N) is 1. The number of nitrogens with zero attached hydrogens (tertiary/aromatic N) is 1. The number of urea groups is 1. The maximum Gasteiger partial charge on any atom is 0.324 e. The van der Waals surface area contributed by atoms with Gasteiger partial charge in [0.15, 0.2) is 0 Å². The molecule has 1 unspecified atom stereocenters. The summed E-state index contributed by atoms with van der Waals surface area (Å²) in [6.07, 6.45) is 0. The van der Waals surface area contributed by atoms with Crippen molar-refractivity contribution in [1.82, 2.24) is 10.2 Å². The summed E-state index contributed by atoms with van der Waals surface area (Å²) < 4.78 is 0. The molecule has 1 atom stereocenters. The van der Waals surface area contributed by atoms with Crippen LogP contribution in [0.1, 0.15) is 11.5 Å². The van der Waals surface area contributed by atoms with Crippen molar-refractivity contribution in [3.63, 3.8) is 0 Å². The van der Waals surface area contributed by atoms with Crippen LogP contribution in [-0.2, 0) is 4.79 Å². The van der Waals surface area contributed by atoms with E-state index in [1.165, 1.54) is 10.5 Å². The Balaban J connectivity index is 1.76. The summed E-state index contributed by atoms with van der Waals surface area (Å²) in [6, 6.07) is 8.00. The molecule has 1 N–H and O–H groups in total. The van der Waals surface area contributed by atoms with Gasteiger partial charge in [-0.1, -0.05) is 18.2 Å². The number of hydrogen-bond acceptors (Lipinski definition) is 3. The van der Waals surface area contributed by atoms with Crippen LogP contribution >= 0.6 is 11.8 Å². The summed E-state index contributed by atoms with van der Waals surface area (Å²) in [5.74, 6) is 1.12. The van der Waals surface area contributed by atoms with Gasteiger partial charge in [-0.05, 0) is 11.6 Å². The molecule has 1 aromatic rings. The molecule has 88 valence electrons. The monoisotopic (exact) mass is 248 g/mol. The van der Waals surface area contributed by atoms with Gasteiger partial charge in [-0.2, -0.15) is 0 Å². The Morgan fingerprint density at radius 1 is 1.35 bits per heavy atom. The van der Waals surface area contributed by atoms with E-state index < -0.39 is 0 Å². The maximum absolute atomic E-state index is 11.5. The van der Waals surface area contributed by atoms with Crippen LogP contribution in [0.3, 0.4) is 0 Å². The Kier molecular flexibility index (Phi) is 2.55. The van der Waals surface area contributed by atoms with Crippen LogP contribution in [0.2, 0.25) is 0 Å². The smallest absolute Gasteiger partial charge is 0.314 e. The third-order valence-corrected chi connectivity index (χ3v) is 4.36. The number of carbonyl (C=O) groups excluding carboxylic acids is 2. The lowest BCUT2D eigenvalue weighted by atomic mass is 10.0. The molecule has 0 radical (unpaired) electrons. The first-order valence-corrected chi connectivity index (χ1v) is 6.53. The molecule has 0 aliphatic carbocycles. The molecule has 2 aliphatic heterocycles. The summed E-state index contributed by atoms with van der Waals surface area (Å²) in [7, 11) is 0. The van der Waals surface area contributed by atoms with Crippen molar-refractivity contribution in [2.24, 2.45) is 0 Å². The van der Waals surface area contributed by atoms with Gasteiger partial charge in [-0.15, -0.1) is 11.8 Å². The molecule has 4 nitrogen and oxygen atoms in total. The fourth-order valence-corrected chi connectivity index (χ4v) is 3.52. The first-order valence-electron chi connectivity index (χ1n) is 5.54. The molecule has 0 saturated carbocycles. The molecule has 2 heterocycles. The second kappa shape index (κ2) is 4.07. The minimum absolute atomic E-state index is 0.197. The van der Waals surface area contributed by atoms with Gasteiger partial charge in [0.05, 0.1) is 0 Å². The molecule has 1 aromatic carbocycles. The molecule has 3 rings (SSSR count). The van der Waals surface area contributed by atoms with E-state index >= 15 is 0 Å². The van der Waals surface area contributed by atoms with E-state index in [1.54, 1.807) is 4.90 Å². The van der Waals surface area contributed by atoms with Crippen LogP contribution in [0.5, 0.6) is 0 Å². The standard InChI is InChI=1S/C12H12N2O2S/c15-11-6-14(12(16)13-11)5-8-7-17-10-4-2-1-3-9(8)10/h1-4,8H,5-7H2,(H,13,15,16). The van der Waals surface area contributed by atoms with Crippen molar-refractivity contribution < 1.29 is 9.59 Å². The normalized spacial score (nSPS) is 22.8. The molecule has 1 fully saturated rings.